The van der Waals surface area contributed by atoms with Gasteiger partial charge in [-0.2, -0.15) is 5.10 Å². The molecule has 0 saturated carbocycles. The maximum Gasteiger partial charge on any atom is 0.322 e. The van der Waals surface area contributed by atoms with Crippen molar-refractivity contribution >= 4 is 23.3 Å². The van der Waals surface area contributed by atoms with Crippen molar-refractivity contribution in [2.24, 2.45) is 7.05 Å². The predicted molar refractivity (Wildman–Crippen MR) is 141 cm³/mol. The van der Waals surface area contributed by atoms with Crippen LogP contribution in [0.4, 0.5) is 20.6 Å². The first-order valence-electron chi connectivity index (χ1n) is 12.2. The van der Waals surface area contributed by atoms with Gasteiger partial charge in [0.2, 0.25) is 0 Å². The van der Waals surface area contributed by atoms with Crippen LogP contribution in [0.25, 0.3) is 0 Å². The third-order valence-electron chi connectivity index (χ3n) is 6.72. The number of benzene rings is 3. The Hall–Kier alpha value is -4.46. The van der Waals surface area contributed by atoms with Crippen LogP contribution < -0.4 is 10.2 Å². The van der Waals surface area contributed by atoms with Gasteiger partial charge in [-0.25, -0.2) is 9.18 Å². The van der Waals surface area contributed by atoms with Crippen LogP contribution in [0.1, 0.15) is 32.9 Å². The van der Waals surface area contributed by atoms with Gasteiger partial charge in [0.15, 0.2) is 0 Å². The number of nitrogens with one attached hydrogen (secondary N) is 1. The number of urea groups is 1. The molecular weight excluding hydrogens is 469 g/mol. The SMILES string of the molecule is Cc1ccccc1NC(=O)N1CCc2c(c(CN(C(=O)c3ccccc3F)c3ccccc3)nn2C)C1. The molecule has 0 unspecified atom stereocenters. The van der Waals surface area contributed by atoms with Crippen LogP contribution in [0.15, 0.2) is 78.9 Å². The third-order valence-corrected chi connectivity index (χ3v) is 6.72. The minimum Gasteiger partial charge on any atom is -0.320 e. The first-order chi connectivity index (χ1) is 17.9. The zero-order chi connectivity index (χ0) is 25.9. The van der Waals surface area contributed by atoms with Gasteiger partial charge in [-0.3, -0.25) is 9.48 Å². The summed E-state index contributed by atoms with van der Waals surface area (Å²) in [4.78, 5) is 29.9. The zero-order valence-corrected chi connectivity index (χ0v) is 20.8. The van der Waals surface area contributed by atoms with Crippen molar-refractivity contribution in [2.75, 3.05) is 16.8 Å². The molecule has 4 aromatic rings. The zero-order valence-electron chi connectivity index (χ0n) is 20.8. The molecule has 3 aromatic carbocycles. The molecule has 188 valence electrons. The fourth-order valence-electron chi connectivity index (χ4n) is 4.70. The van der Waals surface area contributed by atoms with Crippen molar-refractivity contribution in [1.29, 1.82) is 0 Å². The molecule has 3 amide bonds. The van der Waals surface area contributed by atoms with E-state index in [9.17, 15) is 14.0 Å². The van der Waals surface area contributed by atoms with Gasteiger partial charge in [-0.05, 0) is 42.8 Å². The van der Waals surface area contributed by atoms with Gasteiger partial charge < -0.3 is 15.1 Å². The molecule has 0 bridgehead atoms. The molecule has 37 heavy (non-hydrogen) atoms. The smallest absolute Gasteiger partial charge is 0.320 e. The average Bonchev–Trinajstić information content (AvgIpc) is 3.23. The average molecular weight is 498 g/mol. The topological polar surface area (TPSA) is 70.5 Å². The minimum absolute atomic E-state index is 0.00427. The van der Waals surface area contributed by atoms with Crippen LogP contribution in [-0.4, -0.2) is 33.2 Å². The lowest BCUT2D eigenvalue weighted by molar-refractivity contribution is 0.0980. The standard InChI is InChI=1S/C29H28FN5O2/c1-20-10-6-9-15-25(20)31-29(37)34-17-16-27-23(18-34)26(32-33(27)2)19-35(21-11-4-3-5-12-21)28(36)22-13-7-8-14-24(22)30/h3-15H,16-19H2,1-2H3,(H,31,37). The van der Waals surface area contributed by atoms with Gasteiger partial charge in [-0.1, -0.05) is 48.5 Å². The highest BCUT2D eigenvalue weighted by Gasteiger charge is 2.29. The summed E-state index contributed by atoms with van der Waals surface area (Å²) in [6, 6.07) is 22.6. The number of para-hydroxylation sites is 2. The Kier molecular flexibility index (Phi) is 6.72. The molecule has 1 aliphatic rings. The van der Waals surface area contributed by atoms with Gasteiger partial charge in [0, 0.05) is 42.6 Å². The minimum atomic E-state index is -0.574. The van der Waals surface area contributed by atoms with E-state index in [1.807, 2.05) is 73.3 Å². The lowest BCUT2D eigenvalue weighted by Gasteiger charge is -2.29. The summed E-state index contributed by atoms with van der Waals surface area (Å²) in [6.07, 6.45) is 0.645. The molecule has 1 aliphatic heterocycles. The van der Waals surface area contributed by atoms with Crippen molar-refractivity contribution in [3.05, 3.63) is 113 Å². The summed E-state index contributed by atoms with van der Waals surface area (Å²) < 4.78 is 16.4. The molecule has 0 radical (unpaired) electrons. The molecule has 1 N–H and O–H groups in total. The number of carbonyl (C=O) groups is 2. The number of hydrogen-bond acceptors (Lipinski definition) is 3. The largest absolute Gasteiger partial charge is 0.322 e. The highest BCUT2D eigenvalue weighted by molar-refractivity contribution is 6.06. The van der Waals surface area contributed by atoms with Gasteiger partial charge in [0.05, 0.1) is 24.3 Å². The maximum atomic E-state index is 14.6. The second-order valence-electron chi connectivity index (χ2n) is 9.12. The van der Waals surface area contributed by atoms with E-state index in [0.717, 1.165) is 22.5 Å². The van der Waals surface area contributed by atoms with Crippen LogP contribution in [0.3, 0.4) is 0 Å². The molecule has 0 atom stereocenters. The summed E-state index contributed by atoms with van der Waals surface area (Å²) in [5, 5.41) is 7.72. The van der Waals surface area contributed by atoms with Gasteiger partial charge in [-0.15, -0.1) is 0 Å². The Balaban J connectivity index is 1.44. The Labute approximate surface area is 215 Å². The lowest BCUT2D eigenvalue weighted by atomic mass is 10.0. The Morgan fingerprint density at radius 2 is 1.70 bits per heavy atom. The number of fused-ring (bicyclic) bond motifs is 1. The summed E-state index contributed by atoms with van der Waals surface area (Å²) in [7, 11) is 1.87. The van der Waals surface area contributed by atoms with E-state index in [0.29, 0.717) is 30.9 Å². The van der Waals surface area contributed by atoms with E-state index >= 15 is 0 Å². The first-order valence-corrected chi connectivity index (χ1v) is 12.2. The molecule has 5 rings (SSSR count). The van der Waals surface area contributed by atoms with Gasteiger partial charge >= 0.3 is 6.03 Å². The summed E-state index contributed by atoms with van der Waals surface area (Å²) in [5.74, 6) is -1.02. The van der Waals surface area contributed by atoms with Crippen LogP contribution in [0.5, 0.6) is 0 Å². The fraction of sp³-hybridized carbons (Fsp3) is 0.207. The molecule has 8 heteroatoms. The molecule has 7 nitrogen and oxygen atoms in total. The van der Waals surface area contributed by atoms with Crippen molar-refractivity contribution < 1.29 is 14.0 Å². The van der Waals surface area contributed by atoms with Gasteiger partial charge in [0.25, 0.3) is 5.91 Å². The molecule has 0 aliphatic carbocycles. The number of aromatic nitrogens is 2. The highest BCUT2D eigenvalue weighted by atomic mass is 19.1. The second kappa shape index (κ2) is 10.3. The van der Waals surface area contributed by atoms with E-state index < -0.39 is 11.7 Å². The molecule has 0 fully saturated rings. The van der Waals surface area contributed by atoms with E-state index in [1.54, 1.807) is 17.0 Å². The monoisotopic (exact) mass is 497 g/mol. The van der Waals surface area contributed by atoms with Crippen LogP contribution in [0, 0.1) is 12.7 Å². The quantitative estimate of drug-likeness (QED) is 0.407. The number of carbonyl (C=O) groups excluding carboxylic acids is 2. The van der Waals surface area contributed by atoms with E-state index in [2.05, 4.69) is 5.32 Å². The number of hydrogen-bond donors (Lipinski definition) is 1. The van der Waals surface area contributed by atoms with Crippen molar-refractivity contribution in [1.82, 2.24) is 14.7 Å². The van der Waals surface area contributed by atoms with E-state index in [4.69, 9.17) is 5.10 Å². The predicted octanol–water partition coefficient (Wildman–Crippen LogP) is 5.30. The highest BCUT2D eigenvalue weighted by Crippen LogP contribution is 2.27. The number of rotatable bonds is 5. The molecule has 2 heterocycles. The lowest BCUT2D eigenvalue weighted by Crippen LogP contribution is -2.39. The molecular formula is C29H28FN5O2. The van der Waals surface area contributed by atoms with Crippen LogP contribution in [-0.2, 0) is 26.6 Å². The number of halogens is 1. The molecule has 0 saturated heterocycles. The van der Waals surface area contributed by atoms with Crippen LogP contribution in [0.2, 0.25) is 0 Å². The Morgan fingerprint density at radius 3 is 2.46 bits per heavy atom. The second-order valence-corrected chi connectivity index (χ2v) is 9.12. The van der Waals surface area contributed by atoms with Crippen LogP contribution >= 0.6 is 0 Å². The number of aryl methyl sites for hydroxylation is 2. The van der Waals surface area contributed by atoms with Gasteiger partial charge in [0.1, 0.15) is 5.82 Å². The first kappa shape index (κ1) is 24.2. The van der Waals surface area contributed by atoms with Crippen molar-refractivity contribution in [3.8, 4) is 0 Å². The van der Waals surface area contributed by atoms with E-state index in [-0.39, 0.29) is 18.1 Å². The van der Waals surface area contributed by atoms with Crippen molar-refractivity contribution in [2.45, 2.75) is 26.4 Å². The molecule has 1 aromatic heterocycles. The Bertz CT molecular complexity index is 1450. The summed E-state index contributed by atoms with van der Waals surface area (Å²) in [6.45, 7) is 3.02. The van der Waals surface area contributed by atoms with Crippen molar-refractivity contribution in [3.63, 3.8) is 0 Å². The normalized spacial score (nSPS) is 12.7. The van der Waals surface area contributed by atoms with E-state index in [1.165, 1.54) is 17.0 Å². The summed E-state index contributed by atoms with van der Waals surface area (Å²) >= 11 is 0. The number of nitrogens with zero attached hydrogens (tertiary/aromatic N) is 4. The number of anilines is 2. The summed E-state index contributed by atoms with van der Waals surface area (Å²) in [5.41, 5.74) is 5.02. The number of amides is 3. The maximum absolute atomic E-state index is 14.6. The Morgan fingerprint density at radius 1 is 1.00 bits per heavy atom. The third kappa shape index (κ3) is 4.95. The fourth-order valence-corrected chi connectivity index (χ4v) is 4.70. The molecule has 0 spiro atoms.